The molecular weight excluding hydrogens is 660 g/mol. The summed E-state index contributed by atoms with van der Waals surface area (Å²) in [7, 11) is 1.57. The normalized spacial score (nSPS) is 11.1. The zero-order chi connectivity index (χ0) is 28.1. The molecule has 1 heterocycles. The minimum absolute atomic E-state index is 0.289. The lowest BCUT2D eigenvalue weighted by atomic mass is 10.0. The topological polar surface area (TPSA) is 72.8 Å². The van der Waals surface area contributed by atoms with Crippen molar-refractivity contribution in [3.8, 4) is 22.8 Å². The van der Waals surface area contributed by atoms with Crippen molar-refractivity contribution in [2.75, 3.05) is 7.11 Å². The number of fused-ring (bicyclic) bond motifs is 1. The van der Waals surface area contributed by atoms with E-state index in [1.54, 1.807) is 37.6 Å². The summed E-state index contributed by atoms with van der Waals surface area (Å²) in [6, 6.07) is 28.1. The molecule has 9 heteroatoms. The Kier molecular flexibility index (Phi) is 8.84. The molecule has 1 N–H and O–H groups in total. The van der Waals surface area contributed by atoms with Crippen LogP contribution in [0.15, 0.2) is 96.1 Å². The van der Waals surface area contributed by atoms with Crippen LogP contribution in [-0.4, -0.2) is 24.2 Å². The Balaban J connectivity index is 1.34. The summed E-state index contributed by atoms with van der Waals surface area (Å²) in [5.74, 6) is 0.787. The molecule has 0 radical (unpaired) electrons. The molecule has 5 aromatic rings. The van der Waals surface area contributed by atoms with Crippen molar-refractivity contribution in [2.24, 2.45) is 5.10 Å². The second-order valence-electron chi connectivity index (χ2n) is 8.71. The van der Waals surface area contributed by atoms with Gasteiger partial charge in [0.15, 0.2) is 11.5 Å². The number of rotatable bonds is 8. The van der Waals surface area contributed by atoms with Gasteiger partial charge in [0.05, 0.1) is 43.7 Å². The van der Waals surface area contributed by atoms with E-state index in [1.165, 1.54) is 0 Å². The second kappa shape index (κ2) is 12.7. The van der Waals surface area contributed by atoms with Crippen molar-refractivity contribution in [2.45, 2.75) is 6.61 Å². The van der Waals surface area contributed by atoms with E-state index < -0.39 is 0 Å². The molecule has 40 heavy (non-hydrogen) atoms. The molecular formula is C31H22Cl2IN3O3. The summed E-state index contributed by atoms with van der Waals surface area (Å²) in [4.78, 5) is 18.0. The van der Waals surface area contributed by atoms with E-state index in [-0.39, 0.29) is 12.5 Å². The standard InChI is InChI=1S/C31H22Cl2IN3O3/c1-39-29-15-20(14-26(34)30(29)40-18-19-11-12-24(32)25(33)13-19)17-35-37-31(38)23-16-28(21-7-3-2-4-8-21)36-27-10-6-5-9-22(23)27/h2-17H,18H2,1H3,(H,37,38)/b35-17+. The maximum atomic E-state index is 13.2. The molecule has 0 saturated heterocycles. The maximum Gasteiger partial charge on any atom is 0.272 e. The summed E-state index contributed by atoms with van der Waals surface area (Å²) in [5, 5.41) is 5.91. The largest absolute Gasteiger partial charge is 0.493 e. The predicted octanol–water partition coefficient (Wildman–Crippen LogP) is 8.16. The van der Waals surface area contributed by atoms with Crippen LogP contribution in [-0.2, 0) is 6.61 Å². The molecule has 0 aliphatic heterocycles. The Bertz CT molecular complexity index is 1730. The third-order valence-corrected chi connectivity index (χ3v) is 7.57. The van der Waals surface area contributed by atoms with Crippen molar-refractivity contribution < 1.29 is 14.3 Å². The molecule has 1 aromatic heterocycles. The first-order valence-electron chi connectivity index (χ1n) is 12.2. The molecule has 200 valence electrons. The quantitative estimate of drug-likeness (QED) is 0.102. The molecule has 0 aliphatic carbocycles. The number of aromatic nitrogens is 1. The van der Waals surface area contributed by atoms with Crippen molar-refractivity contribution in [3.63, 3.8) is 0 Å². The molecule has 0 fully saturated rings. The second-order valence-corrected chi connectivity index (χ2v) is 10.7. The lowest BCUT2D eigenvalue weighted by Crippen LogP contribution is -2.18. The molecule has 0 atom stereocenters. The molecule has 5 rings (SSSR count). The van der Waals surface area contributed by atoms with Gasteiger partial charge in [-0.15, -0.1) is 0 Å². The first kappa shape index (κ1) is 27.9. The Hall–Kier alpha value is -3.66. The molecule has 0 spiro atoms. The van der Waals surface area contributed by atoms with Gasteiger partial charge in [-0.05, 0) is 70.1 Å². The van der Waals surface area contributed by atoms with Gasteiger partial charge in [-0.1, -0.05) is 77.8 Å². The fraction of sp³-hybridized carbons (Fsp3) is 0.0645. The van der Waals surface area contributed by atoms with Crippen LogP contribution in [0.1, 0.15) is 21.5 Å². The average molecular weight is 682 g/mol. The van der Waals surface area contributed by atoms with Gasteiger partial charge in [0, 0.05) is 10.9 Å². The van der Waals surface area contributed by atoms with Gasteiger partial charge in [0.25, 0.3) is 5.91 Å². The summed E-state index contributed by atoms with van der Waals surface area (Å²) >= 11 is 14.3. The molecule has 4 aromatic carbocycles. The van der Waals surface area contributed by atoms with E-state index in [0.29, 0.717) is 32.8 Å². The first-order valence-corrected chi connectivity index (χ1v) is 14.0. The van der Waals surface area contributed by atoms with Crippen molar-refractivity contribution in [3.05, 3.63) is 121 Å². The number of benzene rings is 4. The third-order valence-electron chi connectivity index (χ3n) is 6.03. The number of nitrogens with zero attached hydrogens (tertiary/aromatic N) is 2. The molecule has 0 saturated carbocycles. The number of carbonyl (C=O) groups excluding carboxylic acids is 1. The third kappa shape index (κ3) is 6.38. The highest BCUT2D eigenvalue weighted by molar-refractivity contribution is 14.1. The number of carbonyl (C=O) groups is 1. The number of hydrogen-bond acceptors (Lipinski definition) is 5. The number of halogens is 3. The zero-order valence-electron chi connectivity index (χ0n) is 21.2. The van der Waals surface area contributed by atoms with E-state index in [4.69, 9.17) is 37.7 Å². The minimum Gasteiger partial charge on any atom is -0.493 e. The molecule has 0 aliphatic rings. The van der Waals surface area contributed by atoms with Crippen molar-refractivity contribution in [1.29, 1.82) is 0 Å². The van der Waals surface area contributed by atoms with Gasteiger partial charge in [-0.3, -0.25) is 4.79 Å². The fourth-order valence-corrected chi connectivity index (χ4v) is 5.19. The van der Waals surface area contributed by atoms with Crippen LogP contribution in [0.5, 0.6) is 11.5 Å². The van der Waals surface area contributed by atoms with Gasteiger partial charge in [-0.2, -0.15) is 5.10 Å². The van der Waals surface area contributed by atoms with Crippen LogP contribution in [0.3, 0.4) is 0 Å². The van der Waals surface area contributed by atoms with Gasteiger partial charge in [0.1, 0.15) is 6.61 Å². The highest BCUT2D eigenvalue weighted by Crippen LogP contribution is 2.34. The lowest BCUT2D eigenvalue weighted by Gasteiger charge is -2.14. The van der Waals surface area contributed by atoms with Crippen LogP contribution in [0.2, 0.25) is 10.0 Å². The first-order chi connectivity index (χ1) is 19.4. The number of hydrazone groups is 1. The van der Waals surface area contributed by atoms with Gasteiger partial charge < -0.3 is 9.47 Å². The summed E-state index contributed by atoms with van der Waals surface area (Å²) < 4.78 is 12.4. The molecule has 0 unspecified atom stereocenters. The van der Waals surface area contributed by atoms with Crippen molar-refractivity contribution in [1.82, 2.24) is 10.4 Å². The van der Waals surface area contributed by atoms with Crippen molar-refractivity contribution >= 4 is 68.8 Å². The number of amides is 1. The number of para-hydroxylation sites is 1. The average Bonchev–Trinajstić information content (AvgIpc) is 2.97. The Labute approximate surface area is 255 Å². The maximum absolute atomic E-state index is 13.2. The SMILES string of the molecule is COc1cc(/C=N/NC(=O)c2cc(-c3ccccc3)nc3ccccc23)cc(I)c1OCc1ccc(Cl)c(Cl)c1. The molecule has 0 bridgehead atoms. The van der Waals surface area contributed by atoms with E-state index in [0.717, 1.165) is 31.2 Å². The van der Waals surface area contributed by atoms with Crippen LogP contribution >= 0.6 is 45.8 Å². The smallest absolute Gasteiger partial charge is 0.272 e. The number of methoxy groups -OCH3 is 1. The lowest BCUT2D eigenvalue weighted by molar-refractivity contribution is 0.0956. The highest BCUT2D eigenvalue weighted by atomic mass is 127. The number of ether oxygens (including phenoxy) is 2. The zero-order valence-corrected chi connectivity index (χ0v) is 24.9. The molecule has 1 amide bonds. The Morgan fingerprint density at radius 2 is 1.75 bits per heavy atom. The van der Waals surface area contributed by atoms with E-state index in [2.05, 4.69) is 33.1 Å². The summed E-state index contributed by atoms with van der Waals surface area (Å²) in [6.45, 7) is 0.289. The van der Waals surface area contributed by atoms with E-state index >= 15 is 0 Å². The fourth-order valence-electron chi connectivity index (χ4n) is 4.09. The summed E-state index contributed by atoms with van der Waals surface area (Å²) in [6.07, 6.45) is 1.56. The minimum atomic E-state index is -0.338. The van der Waals surface area contributed by atoms with Crippen LogP contribution in [0, 0.1) is 3.57 Å². The number of nitrogens with one attached hydrogen (secondary N) is 1. The number of hydrogen-bond donors (Lipinski definition) is 1. The van der Waals surface area contributed by atoms with Gasteiger partial charge in [0.2, 0.25) is 0 Å². The highest BCUT2D eigenvalue weighted by Gasteiger charge is 2.15. The van der Waals surface area contributed by atoms with Gasteiger partial charge >= 0.3 is 0 Å². The number of pyridine rings is 1. The van der Waals surface area contributed by atoms with Gasteiger partial charge in [-0.25, -0.2) is 10.4 Å². The Morgan fingerprint density at radius 3 is 2.52 bits per heavy atom. The monoisotopic (exact) mass is 681 g/mol. The van der Waals surface area contributed by atoms with E-state index in [9.17, 15) is 4.79 Å². The predicted molar refractivity (Wildman–Crippen MR) is 169 cm³/mol. The van der Waals surface area contributed by atoms with E-state index in [1.807, 2.05) is 66.7 Å². The van der Waals surface area contributed by atoms with Crippen LogP contribution in [0.25, 0.3) is 22.2 Å². The molecule has 6 nitrogen and oxygen atoms in total. The Morgan fingerprint density at radius 1 is 0.975 bits per heavy atom. The van der Waals surface area contributed by atoms with Crippen LogP contribution < -0.4 is 14.9 Å². The summed E-state index contributed by atoms with van der Waals surface area (Å²) in [5.41, 5.74) is 7.11. The van der Waals surface area contributed by atoms with Crippen LogP contribution in [0.4, 0.5) is 0 Å².